The molecule has 92 valence electrons. The van der Waals surface area contributed by atoms with Crippen LogP contribution in [0.1, 0.15) is 22.4 Å². The molecule has 2 rings (SSSR count). The van der Waals surface area contributed by atoms with Crippen molar-refractivity contribution in [3.8, 4) is 6.07 Å². The van der Waals surface area contributed by atoms with E-state index in [9.17, 15) is 0 Å². The number of benzene rings is 1. The number of hydrogen-bond acceptors (Lipinski definition) is 4. The van der Waals surface area contributed by atoms with Crippen LogP contribution in [0.3, 0.4) is 0 Å². The van der Waals surface area contributed by atoms with Crippen molar-refractivity contribution in [3.63, 3.8) is 0 Å². The summed E-state index contributed by atoms with van der Waals surface area (Å²) in [7, 11) is 0. The highest BCUT2D eigenvalue weighted by Gasteiger charge is 2.13. The second-order valence-electron chi connectivity index (χ2n) is 4.15. The van der Waals surface area contributed by atoms with Crippen LogP contribution < -0.4 is 5.32 Å². The topological polar surface area (TPSA) is 48.7 Å². The van der Waals surface area contributed by atoms with Crippen LogP contribution in [0.25, 0.3) is 0 Å². The third-order valence-corrected chi connectivity index (χ3v) is 4.12. The van der Waals surface area contributed by atoms with Crippen LogP contribution in [0.15, 0.2) is 16.6 Å². The Bertz CT molecular complexity index is 617. The summed E-state index contributed by atoms with van der Waals surface area (Å²) in [5.41, 5.74) is 4.71. The zero-order valence-corrected chi connectivity index (χ0v) is 12.7. The van der Waals surface area contributed by atoms with E-state index in [-0.39, 0.29) is 0 Å². The Morgan fingerprint density at radius 2 is 2.06 bits per heavy atom. The Balaban J connectivity index is 2.44. The highest BCUT2D eigenvalue weighted by atomic mass is 79.9. The molecule has 0 spiro atoms. The SMILES string of the molecule is Cc1cc(C)c(Nc2snc(C)c2C#N)c(Br)c1. The van der Waals surface area contributed by atoms with Gasteiger partial charge in [0.1, 0.15) is 16.6 Å². The first-order valence-corrected chi connectivity index (χ1v) is 6.99. The van der Waals surface area contributed by atoms with Gasteiger partial charge in [-0.05, 0) is 65.4 Å². The van der Waals surface area contributed by atoms with Crippen molar-refractivity contribution >= 4 is 38.2 Å². The first-order chi connectivity index (χ1) is 8.52. The normalized spacial score (nSPS) is 10.2. The predicted molar refractivity (Wildman–Crippen MR) is 78.5 cm³/mol. The van der Waals surface area contributed by atoms with Gasteiger partial charge in [0.25, 0.3) is 0 Å². The molecule has 0 saturated heterocycles. The molecule has 0 atom stereocenters. The van der Waals surface area contributed by atoms with Crippen molar-refractivity contribution in [2.75, 3.05) is 5.32 Å². The van der Waals surface area contributed by atoms with Gasteiger partial charge >= 0.3 is 0 Å². The molecule has 1 heterocycles. The van der Waals surface area contributed by atoms with E-state index in [1.54, 1.807) is 0 Å². The quantitative estimate of drug-likeness (QED) is 0.889. The Labute approximate surface area is 119 Å². The van der Waals surface area contributed by atoms with Gasteiger partial charge in [0.2, 0.25) is 0 Å². The molecule has 0 radical (unpaired) electrons. The first kappa shape index (κ1) is 13.1. The Kier molecular flexibility index (Phi) is 3.69. The molecule has 0 fully saturated rings. The van der Waals surface area contributed by atoms with Crippen LogP contribution in [0, 0.1) is 32.1 Å². The van der Waals surface area contributed by atoms with E-state index in [0.717, 1.165) is 26.4 Å². The molecule has 1 aromatic carbocycles. The standard InChI is InChI=1S/C13H12BrN3S/c1-7-4-8(2)12(11(14)5-7)16-13-10(6-15)9(3)17-18-13/h4-5,16H,1-3H3. The molecule has 0 bridgehead atoms. The minimum Gasteiger partial charge on any atom is -0.344 e. The smallest absolute Gasteiger partial charge is 0.132 e. The van der Waals surface area contributed by atoms with Gasteiger partial charge in [-0.15, -0.1) is 0 Å². The molecule has 0 saturated carbocycles. The molecule has 5 heteroatoms. The number of nitrogens with zero attached hydrogens (tertiary/aromatic N) is 2. The highest BCUT2D eigenvalue weighted by molar-refractivity contribution is 9.10. The monoisotopic (exact) mass is 321 g/mol. The van der Waals surface area contributed by atoms with E-state index in [1.807, 2.05) is 13.8 Å². The third kappa shape index (κ3) is 2.40. The lowest BCUT2D eigenvalue weighted by atomic mass is 10.1. The minimum absolute atomic E-state index is 0.617. The summed E-state index contributed by atoms with van der Waals surface area (Å²) in [4.78, 5) is 0. The number of anilines is 2. The van der Waals surface area contributed by atoms with Gasteiger partial charge in [0.05, 0.1) is 11.4 Å². The van der Waals surface area contributed by atoms with E-state index in [2.05, 4.69) is 50.7 Å². The number of nitrogens with one attached hydrogen (secondary N) is 1. The fourth-order valence-corrected chi connectivity index (χ4v) is 3.30. The van der Waals surface area contributed by atoms with Crippen LogP contribution >= 0.6 is 27.5 Å². The van der Waals surface area contributed by atoms with Crippen molar-refractivity contribution in [1.29, 1.82) is 5.26 Å². The zero-order valence-electron chi connectivity index (χ0n) is 10.3. The maximum Gasteiger partial charge on any atom is 0.132 e. The lowest BCUT2D eigenvalue weighted by Crippen LogP contribution is -1.95. The van der Waals surface area contributed by atoms with E-state index in [1.165, 1.54) is 17.1 Å². The van der Waals surface area contributed by atoms with Gasteiger partial charge in [-0.25, -0.2) is 0 Å². The maximum absolute atomic E-state index is 9.11. The average molecular weight is 322 g/mol. The molecule has 0 aliphatic rings. The van der Waals surface area contributed by atoms with Crippen molar-refractivity contribution in [3.05, 3.63) is 39.0 Å². The molecule has 3 nitrogen and oxygen atoms in total. The fourth-order valence-electron chi connectivity index (χ4n) is 1.77. The number of aryl methyl sites for hydroxylation is 3. The molecular formula is C13H12BrN3S. The molecule has 0 aliphatic carbocycles. The van der Waals surface area contributed by atoms with Gasteiger partial charge in [-0.2, -0.15) is 9.64 Å². The summed E-state index contributed by atoms with van der Waals surface area (Å²) in [6.07, 6.45) is 0. The van der Waals surface area contributed by atoms with Gasteiger partial charge in [0, 0.05) is 4.47 Å². The predicted octanol–water partition coefficient (Wildman–Crippen LogP) is 4.45. The molecule has 18 heavy (non-hydrogen) atoms. The van der Waals surface area contributed by atoms with Crippen molar-refractivity contribution in [1.82, 2.24) is 4.37 Å². The van der Waals surface area contributed by atoms with Crippen LogP contribution in [0.4, 0.5) is 10.7 Å². The molecule has 1 aromatic heterocycles. The summed E-state index contributed by atoms with van der Waals surface area (Å²) < 4.78 is 5.20. The van der Waals surface area contributed by atoms with Gasteiger partial charge < -0.3 is 5.32 Å². The lowest BCUT2D eigenvalue weighted by Gasteiger charge is -2.11. The summed E-state index contributed by atoms with van der Waals surface area (Å²) >= 11 is 4.86. The molecule has 1 N–H and O–H groups in total. The Morgan fingerprint density at radius 1 is 1.33 bits per heavy atom. The zero-order chi connectivity index (χ0) is 13.3. The second kappa shape index (κ2) is 5.09. The minimum atomic E-state index is 0.617. The van der Waals surface area contributed by atoms with E-state index in [0.29, 0.717) is 5.56 Å². The molecule has 0 unspecified atom stereocenters. The lowest BCUT2D eigenvalue weighted by molar-refractivity contribution is 1.31. The van der Waals surface area contributed by atoms with Gasteiger partial charge in [0.15, 0.2) is 0 Å². The highest BCUT2D eigenvalue weighted by Crippen LogP contribution is 2.34. The average Bonchev–Trinajstić information content (AvgIpc) is 2.64. The number of aromatic nitrogens is 1. The Hall–Kier alpha value is -1.38. The first-order valence-electron chi connectivity index (χ1n) is 5.43. The van der Waals surface area contributed by atoms with E-state index in [4.69, 9.17) is 5.26 Å². The van der Waals surface area contributed by atoms with Crippen LogP contribution in [-0.2, 0) is 0 Å². The fraction of sp³-hybridized carbons (Fsp3) is 0.231. The van der Waals surface area contributed by atoms with Gasteiger partial charge in [-0.3, -0.25) is 0 Å². The number of nitriles is 1. The third-order valence-electron chi connectivity index (χ3n) is 2.64. The molecule has 2 aromatic rings. The van der Waals surface area contributed by atoms with Crippen molar-refractivity contribution < 1.29 is 0 Å². The maximum atomic E-state index is 9.11. The summed E-state index contributed by atoms with van der Waals surface area (Å²) in [5.74, 6) is 0. The largest absolute Gasteiger partial charge is 0.344 e. The summed E-state index contributed by atoms with van der Waals surface area (Å²) in [5, 5.41) is 13.2. The van der Waals surface area contributed by atoms with Crippen molar-refractivity contribution in [2.45, 2.75) is 20.8 Å². The molecular weight excluding hydrogens is 310 g/mol. The second-order valence-corrected chi connectivity index (χ2v) is 5.78. The van der Waals surface area contributed by atoms with Crippen LogP contribution in [0.5, 0.6) is 0 Å². The Morgan fingerprint density at radius 3 is 2.67 bits per heavy atom. The van der Waals surface area contributed by atoms with E-state index >= 15 is 0 Å². The molecule has 0 amide bonds. The van der Waals surface area contributed by atoms with Crippen LogP contribution in [-0.4, -0.2) is 4.37 Å². The van der Waals surface area contributed by atoms with Crippen LogP contribution in [0.2, 0.25) is 0 Å². The summed E-state index contributed by atoms with van der Waals surface area (Å²) in [6.45, 7) is 5.94. The van der Waals surface area contributed by atoms with E-state index < -0.39 is 0 Å². The van der Waals surface area contributed by atoms with Gasteiger partial charge in [-0.1, -0.05) is 6.07 Å². The van der Waals surface area contributed by atoms with Crippen molar-refractivity contribution in [2.24, 2.45) is 0 Å². The number of hydrogen-bond donors (Lipinski definition) is 1. The number of rotatable bonds is 2. The number of halogens is 1. The molecule has 0 aliphatic heterocycles. The summed E-state index contributed by atoms with van der Waals surface area (Å²) in [6, 6.07) is 6.34.